The number of nitrogens with zero attached hydrogens (tertiary/aromatic N) is 1. The number of nitrogens with one attached hydrogen (secondary N) is 1. The maximum absolute atomic E-state index is 14.0. The van der Waals surface area contributed by atoms with Crippen molar-refractivity contribution >= 4 is 57.7 Å². The van der Waals surface area contributed by atoms with Gasteiger partial charge in [0.2, 0.25) is 17.7 Å². The van der Waals surface area contributed by atoms with Gasteiger partial charge < -0.3 is 16.8 Å². The summed E-state index contributed by atoms with van der Waals surface area (Å²) in [5.41, 5.74) is 12.3. The molecule has 0 fully saturated rings. The molecule has 0 bridgehead atoms. The molecule has 0 heterocycles. The van der Waals surface area contributed by atoms with Gasteiger partial charge in [0.15, 0.2) is 11.0 Å². The number of hydrogen-bond acceptors (Lipinski definition) is 6. The lowest BCUT2D eigenvalue weighted by Crippen LogP contribution is -2.44. The Morgan fingerprint density at radius 1 is 1.02 bits per heavy atom. The zero-order valence-electron chi connectivity index (χ0n) is 28.1. The highest BCUT2D eigenvalue weighted by Crippen LogP contribution is 2.36. The molecule has 0 saturated carbocycles. The van der Waals surface area contributed by atoms with Crippen molar-refractivity contribution in [3.63, 3.8) is 0 Å². The number of nitrogens with two attached hydrogens (primary N) is 2. The second-order valence-electron chi connectivity index (χ2n) is 12.4. The first-order valence-corrected chi connectivity index (χ1v) is 18.4. The van der Waals surface area contributed by atoms with Crippen LogP contribution < -0.4 is 16.8 Å². The number of carbonyl (C=O) groups is 5. The SMILES string of the molecule is CCC(C)C=N/C(C)=C\C(PC(=O)CC(C)CC)C(=O)NC(CC1=CC(CC)Cc2ccccc21)C(=O)PC(CC(N)=O)C(N)=O. The lowest BCUT2D eigenvalue weighted by atomic mass is 9.81. The first-order valence-electron chi connectivity index (χ1n) is 16.3. The van der Waals surface area contributed by atoms with Gasteiger partial charge in [-0.05, 0) is 83.9 Å². The quantitative estimate of drug-likeness (QED) is 0.123. The van der Waals surface area contributed by atoms with Gasteiger partial charge in [0, 0.05) is 31.2 Å². The summed E-state index contributed by atoms with van der Waals surface area (Å²) >= 11 is 0. The number of aliphatic imine (C=N–C) groups is 1. The van der Waals surface area contributed by atoms with Gasteiger partial charge in [-0.1, -0.05) is 71.4 Å². The van der Waals surface area contributed by atoms with E-state index in [4.69, 9.17) is 11.5 Å². The molecule has 3 amide bonds. The van der Waals surface area contributed by atoms with Gasteiger partial charge in [-0.15, -0.1) is 0 Å². The maximum atomic E-state index is 14.0. The van der Waals surface area contributed by atoms with Gasteiger partial charge in [0.05, 0.1) is 17.4 Å². The van der Waals surface area contributed by atoms with Crippen LogP contribution in [-0.2, 0) is 30.4 Å². The average Bonchev–Trinajstić information content (AvgIpc) is 3.01. The predicted molar refractivity (Wildman–Crippen MR) is 191 cm³/mol. The van der Waals surface area contributed by atoms with Gasteiger partial charge in [-0.25, -0.2) is 0 Å². The highest BCUT2D eigenvalue weighted by Gasteiger charge is 2.32. The van der Waals surface area contributed by atoms with Crippen molar-refractivity contribution in [2.75, 3.05) is 0 Å². The summed E-state index contributed by atoms with van der Waals surface area (Å²) in [6, 6.07) is 7.01. The topological polar surface area (TPSA) is 162 Å². The van der Waals surface area contributed by atoms with Crippen molar-refractivity contribution in [3.05, 3.63) is 53.2 Å². The van der Waals surface area contributed by atoms with Crippen molar-refractivity contribution in [3.8, 4) is 0 Å². The molecule has 46 heavy (non-hydrogen) atoms. The van der Waals surface area contributed by atoms with E-state index in [1.165, 1.54) is 5.56 Å². The number of amides is 3. The van der Waals surface area contributed by atoms with Crippen LogP contribution in [0.2, 0.25) is 0 Å². The van der Waals surface area contributed by atoms with E-state index in [0.29, 0.717) is 12.1 Å². The van der Waals surface area contributed by atoms with Crippen LogP contribution in [-0.4, -0.2) is 52.3 Å². The van der Waals surface area contributed by atoms with E-state index < -0.39 is 49.2 Å². The van der Waals surface area contributed by atoms with E-state index in [1.54, 1.807) is 13.0 Å². The van der Waals surface area contributed by atoms with Gasteiger partial charge in [0.25, 0.3) is 0 Å². The summed E-state index contributed by atoms with van der Waals surface area (Å²) in [5, 5.41) is 2.95. The molecule has 8 atom stereocenters. The predicted octanol–water partition coefficient (Wildman–Crippen LogP) is 5.49. The first-order chi connectivity index (χ1) is 21.8. The fraction of sp³-hybridized carbons (Fsp3) is 0.543. The number of rotatable bonds is 20. The lowest BCUT2D eigenvalue weighted by Gasteiger charge is -2.27. The molecule has 0 radical (unpaired) electrons. The molecule has 5 N–H and O–H groups in total. The van der Waals surface area contributed by atoms with Crippen molar-refractivity contribution in [1.82, 2.24) is 5.32 Å². The average molecular weight is 671 g/mol. The van der Waals surface area contributed by atoms with Crippen molar-refractivity contribution in [2.24, 2.45) is 34.2 Å². The summed E-state index contributed by atoms with van der Waals surface area (Å²) in [6.45, 7) is 12.0. The van der Waals surface area contributed by atoms with Crippen LogP contribution in [0.1, 0.15) is 91.2 Å². The van der Waals surface area contributed by atoms with Crippen LogP contribution in [0.15, 0.2) is 47.1 Å². The standard InChI is InChI=1S/C35H52N4O5P2/c1-7-21(4)14-32(41)45-30(15-23(6)38-20-22(5)8-2)34(43)39-28(35(44)46-29(33(37)42)19-31(36)40)18-26-17-24(9-3)16-25-12-10-11-13-27(25)26/h10-13,15,17,20-22,24,28-30,45-46H,7-9,14,16,18-19H2,1-6H3,(H2,36,40)(H2,37,42)(H,39,43)/b23-15-,38-20?. The summed E-state index contributed by atoms with van der Waals surface area (Å²) < 4.78 is 0. The molecule has 0 aliphatic heterocycles. The number of fused-ring (bicyclic) bond motifs is 1. The van der Waals surface area contributed by atoms with Gasteiger partial charge >= 0.3 is 0 Å². The molecule has 0 saturated heterocycles. The normalized spacial score (nSPS) is 18.6. The number of benzene rings is 1. The molecule has 0 aromatic heterocycles. The van der Waals surface area contributed by atoms with Crippen LogP contribution in [0, 0.1) is 17.8 Å². The zero-order chi connectivity index (χ0) is 34.4. The van der Waals surface area contributed by atoms with E-state index in [2.05, 4.69) is 36.3 Å². The molecule has 252 valence electrons. The number of primary amides is 2. The Balaban J connectivity index is 2.50. The van der Waals surface area contributed by atoms with E-state index >= 15 is 0 Å². The zero-order valence-corrected chi connectivity index (χ0v) is 30.1. The molecule has 8 unspecified atom stereocenters. The first kappa shape index (κ1) is 39.2. The minimum atomic E-state index is -1.06. The highest BCUT2D eigenvalue weighted by atomic mass is 31.1. The minimum Gasteiger partial charge on any atom is -0.370 e. The fourth-order valence-electron chi connectivity index (χ4n) is 5.06. The second-order valence-corrected chi connectivity index (χ2v) is 15.3. The largest absolute Gasteiger partial charge is 0.370 e. The Morgan fingerprint density at radius 2 is 1.72 bits per heavy atom. The van der Waals surface area contributed by atoms with Crippen LogP contribution in [0.5, 0.6) is 0 Å². The van der Waals surface area contributed by atoms with E-state index in [0.717, 1.165) is 36.8 Å². The van der Waals surface area contributed by atoms with E-state index in [-0.39, 0.29) is 44.7 Å². The van der Waals surface area contributed by atoms with Crippen molar-refractivity contribution in [2.45, 2.75) is 104 Å². The van der Waals surface area contributed by atoms with Crippen LogP contribution >= 0.6 is 17.2 Å². The minimum absolute atomic E-state index is 0.0147. The monoisotopic (exact) mass is 670 g/mol. The lowest BCUT2D eigenvalue weighted by molar-refractivity contribution is -0.124. The molecular weight excluding hydrogens is 618 g/mol. The Morgan fingerprint density at radius 3 is 2.33 bits per heavy atom. The van der Waals surface area contributed by atoms with Crippen molar-refractivity contribution in [1.29, 1.82) is 0 Å². The Hall–Kier alpha value is -3.02. The number of carbonyl (C=O) groups excluding carboxylic acids is 5. The van der Waals surface area contributed by atoms with Gasteiger partial charge in [0.1, 0.15) is 0 Å². The smallest absolute Gasteiger partial charge is 0.232 e. The summed E-state index contributed by atoms with van der Waals surface area (Å²) in [7, 11) is -1.00. The third-order valence-corrected chi connectivity index (χ3v) is 11.1. The second kappa shape index (κ2) is 19.6. The van der Waals surface area contributed by atoms with Crippen LogP contribution in [0.3, 0.4) is 0 Å². The highest BCUT2D eigenvalue weighted by molar-refractivity contribution is 7.60. The molecule has 1 aliphatic rings. The van der Waals surface area contributed by atoms with Crippen LogP contribution in [0.4, 0.5) is 0 Å². The number of hydrogen-bond donors (Lipinski definition) is 3. The number of allylic oxidation sites excluding steroid dienone is 2. The third kappa shape index (κ3) is 13.0. The molecular formula is C35H52N4O5P2. The molecule has 1 aromatic rings. The van der Waals surface area contributed by atoms with Gasteiger partial charge in [-0.2, -0.15) is 0 Å². The van der Waals surface area contributed by atoms with Gasteiger partial charge in [-0.3, -0.25) is 29.0 Å². The Bertz CT molecular complexity index is 1340. The summed E-state index contributed by atoms with van der Waals surface area (Å²) in [6.07, 6.45) is 9.46. The Kier molecular flexibility index (Phi) is 16.7. The molecule has 1 aliphatic carbocycles. The third-order valence-electron chi connectivity index (χ3n) is 8.34. The van der Waals surface area contributed by atoms with Crippen LogP contribution in [0.25, 0.3) is 5.57 Å². The van der Waals surface area contributed by atoms with E-state index in [9.17, 15) is 24.0 Å². The maximum Gasteiger partial charge on any atom is 0.232 e. The Labute approximate surface area is 277 Å². The molecule has 0 spiro atoms. The summed E-state index contributed by atoms with van der Waals surface area (Å²) in [5.74, 6) is -1.28. The van der Waals surface area contributed by atoms with E-state index in [1.807, 2.05) is 45.2 Å². The fourth-order valence-corrected chi connectivity index (χ4v) is 7.58. The van der Waals surface area contributed by atoms with Crippen molar-refractivity contribution < 1.29 is 24.0 Å². The molecule has 9 nitrogen and oxygen atoms in total. The summed E-state index contributed by atoms with van der Waals surface area (Å²) in [4.78, 5) is 69.3. The molecule has 1 aromatic carbocycles. The molecule has 11 heteroatoms. The molecule has 2 rings (SSSR count).